The molecular formula is C9H14O. The van der Waals surface area contributed by atoms with Crippen molar-refractivity contribution in [2.45, 2.75) is 19.8 Å². The Labute approximate surface area is 62.8 Å². The molecule has 0 saturated heterocycles. The first-order valence-corrected chi connectivity index (χ1v) is 3.50. The highest BCUT2D eigenvalue weighted by molar-refractivity contribution is 4.89. The zero-order valence-corrected chi connectivity index (χ0v) is 6.38. The number of terminal acetylenes is 1. The van der Waals surface area contributed by atoms with Gasteiger partial charge in [0.15, 0.2) is 0 Å². The van der Waals surface area contributed by atoms with Crippen LogP contribution in [0.4, 0.5) is 0 Å². The molecule has 1 nitrogen and oxygen atoms in total. The maximum absolute atomic E-state index is 8.38. The molecule has 0 rings (SSSR count). The van der Waals surface area contributed by atoms with Crippen LogP contribution in [0, 0.1) is 18.3 Å². The Morgan fingerprint density at radius 2 is 2.30 bits per heavy atom. The predicted octanol–water partition coefficient (Wildman–Crippen LogP) is 1.58. The minimum atomic E-state index is 0.128. The first-order valence-electron chi connectivity index (χ1n) is 3.50. The molecule has 10 heavy (non-hydrogen) atoms. The number of hydrogen-bond acceptors (Lipinski definition) is 1. The molecule has 0 fully saturated rings. The van der Waals surface area contributed by atoms with E-state index in [2.05, 4.69) is 12.8 Å². The fraction of sp³-hybridized carbons (Fsp3) is 0.556. The lowest BCUT2D eigenvalue weighted by Crippen LogP contribution is -1.89. The molecule has 0 amide bonds. The third kappa shape index (κ3) is 5.40. The summed E-state index contributed by atoms with van der Waals surface area (Å²) in [5, 5.41) is 8.38. The molecule has 0 aliphatic carbocycles. The van der Waals surface area contributed by atoms with Crippen molar-refractivity contribution in [3.05, 3.63) is 12.2 Å². The van der Waals surface area contributed by atoms with Crippen molar-refractivity contribution in [1.29, 1.82) is 0 Å². The highest BCUT2D eigenvalue weighted by Gasteiger charge is 1.94. The second-order valence-electron chi connectivity index (χ2n) is 2.40. The third-order valence-electron chi connectivity index (χ3n) is 1.28. The van der Waals surface area contributed by atoms with Crippen molar-refractivity contribution in [3.63, 3.8) is 0 Å². The van der Waals surface area contributed by atoms with Gasteiger partial charge in [0.1, 0.15) is 0 Å². The molecule has 1 N–H and O–H groups in total. The molecule has 0 bridgehead atoms. The van der Waals surface area contributed by atoms with E-state index in [1.54, 1.807) is 6.08 Å². The molecule has 0 aromatic heterocycles. The molecule has 0 aromatic carbocycles. The van der Waals surface area contributed by atoms with Crippen molar-refractivity contribution in [2.24, 2.45) is 5.92 Å². The van der Waals surface area contributed by atoms with Crippen molar-refractivity contribution in [1.82, 2.24) is 0 Å². The first-order chi connectivity index (χ1) is 4.81. The summed E-state index contributed by atoms with van der Waals surface area (Å²) >= 11 is 0. The summed E-state index contributed by atoms with van der Waals surface area (Å²) in [4.78, 5) is 0. The lowest BCUT2D eigenvalue weighted by molar-refractivity contribution is 0.342. The summed E-state index contributed by atoms with van der Waals surface area (Å²) in [7, 11) is 0. The van der Waals surface area contributed by atoms with Crippen LogP contribution < -0.4 is 0 Å². The molecule has 0 aromatic rings. The number of aliphatic hydroxyl groups is 1. The zero-order chi connectivity index (χ0) is 7.82. The van der Waals surface area contributed by atoms with E-state index in [0.29, 0.717) is 5.92 Å². The van der Waals surface area contributed by atoms with Crippen LogP contribution >= 0.6 is 0 Å². The smallest absolute Gasteiger partial charge is 0.0612 e. The molecule has 0 heterocycles. The summed E-state index contributed by atoms with van der Waals surface area (Å²) in [6.45, 7) is 2.23. The van der Waals surface area contributed by atoms with Crippen LogP contribution in [0.3, 0.4) is 0 Å². The van der Waals surface area contributed by atoms with Crippen LogP contribution in [0.1, 0.15) is 19.8 Å². The lowest BCUT2D eigenvalue weighted by Gasteiger charge is -2.00. The Morgan fingerprint density at radius 1 is 1.60 bits per heavy atom. The van der Waals surface area contributed by atoms with Gasteiger partial charge in [-0.25, -0.2) is 0 Å². The predicted molar refractivity (Wildman–Crippen MR) is 43.5 cm³/mol. The Hall–Kier alpha value is -0.740. The molecule has 0 unspecified atom stereocenters. The Balaban J connectivity index is 3.31. The van der Waals surface area contributed by atoms with E-state index < -0.39 is 0 Å². The summed E-state index contributed by atoms with van der Waals surface area (Å²) in [6, 6.07) is 0. The Bertz CT molecular complexity index is 130. The molecule has 1 heteroatoms. The van der Waals surface area contributed by atoms with E-state index >= 15 is 0 Å². The van der Waals surface area contributed by atoms with Gasteiger partial charge in [0.2, 0.25) is 0 Å². The van der Waals surface area contributed by atoms with Gasteiger partial charge >= 0.3 is 0 Å². The van der Waals surface area contributed by atoms with Crippen molar-refractivity contribution in [3.8, 4) is 12.3 Å². The Morgan fingerprint density at radius 3 is 2.80 bits per heavy atom. The zero-order valence-electron chi connectivity index (χ0n) is 6.38. The highest BCUT2D eigenvalue weighted by atomic mass is 16.2. The quantitative estimate of drug-likeness (QED) is 0.462. The van der Waals surface area contributed by atoms with E-state index in [-0.39, 0.29) is 6.61 Å². The maximum atomic E-state index is 8.38. The Kier molecular flexibility index (Phi) is 5.91. The number of allylic oxidation sites excluding steroid dienone is 1. The highest BCUT2D eigenvalue weighted by Crippen LogP contribution is 2.05. The van der Waals surface area contributed by atoms with Crippen LogP contribution in [0.2, 0.25) is 0 Å². The van der Waals surface area contributed by atoms with Gasteiger partial charge in [-0.05, 0) is 12.3 Å². The first kappa shape index (κ1) is 9.26. The molecule has 0 aliphatic heterocycles. The van der Waals surface area contributed by atoms with Crippen molar-refractivity contribution in [2.75, 3.05) is 6.61 Å². The fourth-order valence-electron chi connectivity index (χ4n) is 0.688. The van der Waals surface area contributed by atoms with Gasteiger partial charge in [-0.2, -0.15) is 0 Å². The molecular weight excluding hydrogens is 124 g/mol. The van der Waals surface area contributed by atoms with E-state index in [1.165, 1.54) is 0 Å². The average molecular weight is 138 g/mol. The molecule has 0 aliphatic rings. The lowest BCUT2D eigenvalue weighted by atomic mass is 10.0. The topological polar surface area (TPSA) is 20.2 Å². The van der Waals surface area contributed by atoms with Crippen LogP contribution in [0.15, 0.2) is 12.2 Å². The SMILES string of the molecule is C#CC[C@@H](C)C/C=C/CO. The number of rotatable bonds is 4. The van der Waals surface area contributed by atoms with E-state index in [9.17, 15) is 0 Å². The normalized spacial score (nSPS) is 13.3. The van der Waals surface area contributed by atoms with Gasteiger partial charge < -0.3 is 5.11 Å². The second-order valence-corrected chi connectivity index (χ2v) is 2.40. The van der Waals surface area contributed by atoms with E-state index in [1.807, 2.05) is 6.08 Å². The summed E-state index contributed by atoms with van der Waals surface area (Å²) in [5.74, 6) is 3.13. The van der Waals surface area contributed by atoms with Crippen molar-refractivity contribution >= 4 is 0 Å². The summed E-state index contributed by atoms with van der Waals surface area (Å²) in [6.07, 6.45) is 10.6. The van der Waals surface area contributed by atoms with Gasteiger partial charge in [-0.1, -0.05) is 19.1 Å². The number of hydrogen-bond donors (Lipinski definition) is 1. The second kappa shape index (κ2) is 6.38. The van der Waals surface area contributed by atoms with Crippen LogP contribution in [-0.4, -0.2) is 11.7 Å². The monoisotopic (exact) mass is 138 g/mol. The largest absolute Gasteiger partial charge is 0.392 e. The van der Waals surface area contributed by atoms with Crippen LogP contribution in [0.5, 0.6) is 0 Å². The minimum Gasteiger partial charge on any atom is -0.392 e. The summed E-state index contributed by atoms with van der Waals surface area (Å²) in [5.41, 5.74) is 0. The van der Waals surface area contributed by atoms with Gasteiger partial charge in [-0.15, -0.1) is 12.3 Å². The van der Waals surface area contributed by atoms with Gasteiger partial charge in [0, 0.05) is 6.42 Å². The summed E-state index contributed by atoms with van der Waals surface area (Å²) < 4.78 is 0. The van der Waals surface area contributed by atoms with Crippen LogP contribution in [0.25, 0.3) is 0 Å². The minimum absolute atomic E-state index is 0.128. The molecule has 0 saturated carbocycles. The van der Waals surface area contributed by atoms with Gasteiger partial charge in [-0.3, -0.25) is 0 Å². The number of aliphatic hydroxyl groups excluding tert-OH is 1. The standard InChI is InChI=1S/C9H14O/c1-3-6-9(2)7-4-5-8-10/h1,4-5,9-10H,6-8H2,2H3/b5-4+/t9-/m1/s1. The van der Waals surface area contributed by atoms with Gasteiger partial charge in [0.25, 0.3) is 0 Å². The fourth-order valence-corrected chi connectivity index (χ4v) is 0.688. The van der Waals surface area contributed by atoms with E-state index in [4.69, 9.17) is 11.5 Å². The van der Waals surface area contributed by atoms with Gasteiger partial charge in [0.05, 0.1) is 6.61 Å². The molecule has 0 spiro atoms. The molecule has 0 radical (unpaired) electrons. The van der Waals surface area contributed by atoms with Crippen LogP contribution in [-0.2, 0) is 0 Å². The van der Waals surface area contributed by atoms with Crippen molar-refractivity contribution < 1.29 is 5.11 Å². The third-order valence-corrected chi connectivity index (χ3v) is 1.28. The maximum Gasteiger partial charge on any atom is 0.0612 e. The van der Waals surface area contributed by atoms with E-state index in [0.717, 1.165) is 12.8 Å². The molecule has 1 atom stereocenters. The molecule has 56 valence electrons. The average Bonchev–Trinajstić information content (AvgIpc) is 1.89.